The lowest BCUT2D eigenvalue weighted by Crippen LogP contribution is -2.43. The Hall–Kier alpha value is -1.81. The number of aromatic nitrogens is 2. The zero-order valence-corrected chi connectivity index (χ0v) is 11.4. The van der Waals surface area contributed by atoms with Crippen molar-refractivity contribution < 1.29 is 4.74 Å². The molecule has 1 aliphatic heterocycles. The molecule has 1 atom stereocenters. The zero-order chi connectivity index (χ0) is 13.5. The van der Waals surface area contributed by atoms with Gasteiger partial charge < -0.3 is 10.5 Å². The van der Waals surface area contributed by atoms with Crippen molar-refractivity contribution in [2.75, 3.05) is 6.61 Å². The van der Waals surface area contributed by atoms with Crippen molar-refractivity contribution in [3.63, 3.8) is 0 Å². The Labute approximate surface area is 113 Å². The summed E-state index contributed by atoms with van der Waals surface area (Å²) in [6, 6.07) is 10.2. The summed E-state index contributed by atoms with van der Waals surface area (Å²) < 4.78 is 7.61. The maximum Gasteiger partial charge on any atom is 0.124 e. The third kappa shape index (κ3) is 2.12. The highest BCUT2D eigenvalue weighted by atomic mass is 16.5. The van der Waals surface area contributed by atoms with Gasteiger partial charge >= 0.3 is 0 Å². The first-order chi connectivity index (χ1) is 9.08. The predicted octanol–water partition coefficient (Wildman–Crippen LogP) is 1.91. The molecule has 0 aliphatic carbocycles. The molecule has 0 saturated heterocycles. The topological polar surface area (TPSA) is 53.1 Å². The van der Waals surface area contributed by atoms with E-state index in [1.807, 2.05) is 36.9 Å². The van der Waals surface area contributed by atoms with E-state index in [0.717, 1.165) is 35.5 Å². The van der Waals surface area contributed by atoms with Gasteiger partial charge in [0, 0.05) is 31.1 Å². The molecule has 2 N–H and O–H groups in total. The Morgan fingerprint density at radius 1 is 1.42 bits per heavy atom. The summed E-state index contributed by atoms with van der Waals surface area (Å²) in [6.07, 6.45) is 1.61. The highest BCUT2D eigenvalue weighted by molar-refractivity contribution is 5.41. The predicted molar refractivity (Wildman–Crippen MR) is 74.1 cm³/mol. The van der Waals surface area contributed by atoms with Crippen LogP contribution in [-0.4, -0.2) is 16.4 Å². The van der Waals surface area contributed by atoms with Crippen LogP contribution in [0.15, 0.2) is 30.3 Å². The van der Waals surface area contributed by atoms with Gasteiger partial charge in [-0.3, -0.25) is 4.68 Å². The first-order valence-electron chi connectivity index (χ1n) is 6.59. The average Bonchev–Trinajstić information content (AvgIpc) is 2.68. The zero-order valence-electron chi connectivity index (χ0n) is 11.4. The van der Waals surface area contributed by atoms with Gasteiger partial charge in [0.05, 0.1) is 17.8 Å². The van der Waals surface area contributed by atoms with Crippen LogP contribution in [-0.2, 0) is 19.0 Å². The number of hydrogen-bond acceptors (Lipinski definition) is 3. The van der Waals surface area contributed by atoms with Gasteiger partial charge in [-0.1, -0.05) is 18.2 Å². The van der Waals surface area contributed by atoms with Crippen molar-refractivity contribution in [2.24, 2.45) is 12.8 Å². The Kier molecular flexibility index (Phi) is 2.82. The molecule has 2 aromatic rings. The number of nitrogens with two attached hydrogens (primary N) is 1. The van der Waals surface area contributed by atoms with E-state index in [0.29, 0.717) is 6.61 Å². The number of nitrogens with zero attached hydrogens (tertiary/aromatic N) is 2. The summed E-state index contributed by atoms with van der Waals surface area (Å²) in [6.45, 7) is 2.68. The Morgan fingerprint density at radius 3 is 2.95 bits per heavy atom. The van der Waals surface area contributed by atoms with E-state index in [2.05, 4.69) is 17.2 Å². The third-order valence-electron chi connectivity index (χ3n) is 3.82. The first-order valence-corrected chi connectivity index (χ1v) is 6.59. The molecule has 0 bridgehead atoms. The number of aryl methyl sites for hydroxylation is 2. The van der Waals surface area contributed by atoms with Crippen LogP contribution in [0.2, 0.25) is 0 Å². The molecule has 1 unspecified atom stereocenters. The Balaban J connectivity index is 1.98. The van der Waals surface area contributed by atoms with E-state index in [9.17, 15) is 0 Å². The minimum absolute atomic E-state index is 0.366. The van der Waals surface area contributed by atoms with Gasteiger partial charge in [0.15, 0.2) is 0 Å². The standard InChI is InChI=1S/C15H19N3O/c1-11-9-12(18(2)17-11)10-15(16)7-8-19-14-6-4-3-5-13(14)15/h3-6,9H,7-8,10,16H2,1-2H3. The molecule has 1 aliphatic rings. The molecule has 0 spiro atoms. The molecule has 0 saturated carbocycles. The van der Waals surface area contributed by atoms with Crippen LogP contribution in [0.25, 0.3) is 0 Å². The largest absolute Gasteiger partial charge is 0.493 e. The van der Waals surface area contributed by atoms with Gasteiger partial charge in [0.1, 0.15) is 5.75 Å². The van der Waals surface area contributed by atoms with Gasteiger partial charge in [-0.15, -0.1) is 0 Å². The van der Waals surface area contributed by atoms with Crippen molar-refractivity contribution in [2.45, 2.75) is 25.3 Å². The normalized spacial score (nSPS) is 21.8. The minimum atomic E-state index is -0.366. The minimum Gasteiger partial charge on any atom is -0.493 e. The van der Waals surface area contributed by atoms with Crippen molar-refractivity contribution in [1.82, 2.24) is 9.78 Å². The molecule has 3 rings (SSSR count). The van der Waals surface area contributed by atoms with Crippen LogP contribution < -0.4 is 10.5 Å². The molecule has 2 heterocycles. The fourth-order valence-corrected chi connectivity index (χ4v) is 2.82. The summed E-state index contributed by atoms with van der Waals surface area (Å²) in [5, 5.41) is 4.39. The molecular weight excluding hydrogens is 238 g/mol. The molecule has 19 heavy (non-hydrogen) atoms. The van der Waals surface area contributed by atoms with Crippen LogP contribution in [0.1, 0.15) is 23.4 Å². The fraction of sp³-hybridized carbons (Fsp3) is 0.400. The molecule has 0 radical (unpaired) electrons. The number of fused-ring (bicyclic) bond motifs is 1. The van der Waals surface area contributed by atoms with E-state index in [1.165, 1.54) is 0 Å². The highest BCUT2D eigenvalue weighted by Gasteiger charge is 2.34. The molecule has 0 amide bonds. The second-order valence-corrected chi connectivity index (χ2v) is 5.33. The van der Waals surface area contributed by atoms with Crippen molar-refractivity contribution in [1.29, 1.82) is 0 Å². The first kappa shape index (κ1) is 12.2. The number of para-hydroxylation sites is 1. The summed E-state index contributed by atoms with van der Waals surface area (Å²) >= 11 is 0. The average molecular weight is 257 g/mol. The second-order valence-electron chi connectivity index (χ2n) is 5.33. The van der Waals surface area contributed by atoms with Crippen LogP contribution >= 0.6 is 0 Å². The maximum atomic E-state index is 6.66. The second kappa shape index (κ2) is 4.38. The highest BCUT2D eigenvalue weighted by Crippen LogP contribution is 2.37. The smallest absolute Gasteiger partial charge is 0.124 e. The molecule has 1 aromatic heterocycles. The lowest BCUT2D eigenvalue weighted by atomic mass is 9.81. The Morgan fingerprint density at radius 2 is 2.21 bits per heavy atom. The number of benzene rings is 1. The summed E-state index contributed by atoms with van der Waals surface area (Å²) in [7, 11) is 1.97. The monoisotopic (exact) mass is 257 g/mol. The third-order valence-corrected chi connectivity index (χ3v) is 3.82. The molecule has 0 fully saturated rings. The molecule has 100 valence electrons. The summed E-state index contributed by atoms with van der Waals surface area (Å²) in [4.78, 5) is 0. The van der Waals surface area contributed by atoms with E-state index in [4.69, 9.17) is 10.5 Å². The van der Waals surface area contributed by atoms with E-state index < -0.39 is 0 Å². The van der Waals surface area contributed by atoms with E-state index in [-0.39, 0.29) is 5.54 Å². The van der Waals surface area contributed by atoms with Gasteiger partial charge in [-0.25, -0.2) is 0 Å². The molecule has 1 aromatic carbocycles. The van der Waals surface area contributed by atoms with E-state index >= 15 is 0 Å². The van der Waals surface area contributed by atoms with Gasteiger partial charge in [0.25, 0.3) is 0 Å². The van der Waals surface area contributed by atoms with Crippen molar-refractivity contribution in [3.05, 3.63) is 47.3 Å². The van der Waals surface area contributed by atoms with Crippen LogP contribution in [0.4, 0.5) is 0 Å². The maximum absolute atomic E-state index is 6.66. The van der Waals surface area contributed by atoms with Gasteiger partial charge in [0.2, 0.25) is 0 Å². The molecule has 4 heteroatoms. The molecular formula is C15H19N3O. The Bertz CT molecular complexity index is 605. The van der Waals surface area contributed by atoms with Crippen LogP contribution in [0, 0.1) is 6.92 Å². The van der Waals surface area contributed by atoms with Crippen molar-refractivity contribution in [3.8, 4) is 5.75 Å². The van der Waals surface area contributed by atoms with Gasteiger partial charge in [-0.2, -0.15) is 5.10 Å². The lowest BCUT2D eigenvalue weighted by molar-refractivity contribution is 0.213. The number of rotatable bonds is 2. The summed E-state index contributed by atoms with van der Waals surface area (Å²) in [5.41, 5.74) is 9.58. The fourth-order valence-electron chi connectivity index (χ4n) is 2.82. The number of hydrogen-bond donors (Lipinski definition) is 1. The van der Waals surface area contributed by atoms with Gasteiger partial charge in [-0.05, 0) is 19.1 Å². The summed E-state index contributed by atoms with van der Waals surface area (Å²) in [5.74, 6) is 0.912. The van der Waals surface area contributed by atoms with Crippen LogP contribution in [0.3, 0.4) is 0 Å². The quantitative estimate of drug-likeness (QED) is 0.894. The van der Waals surface area contributed by atoms with E-state index in [1.54, 1.807) is 0 Å². The van der Waals surface area contributed by atoms with Crippen molar-refractivity contribution >= 4 is 0 Å². The molecule has 4 nitrogen and oxygen atoms in total. The number of ether oxygens (including phenoxy) is 1. The van der Waals surface area contributed by atoms with Crippen LogP contribution in [0.5, 0.6) is 5.75 Å². The lowest BCUT2D eigenvalue weighted by Gasteiger charge is -2.35. The SMILES string of the molecule is Cc1cc(CC2(N)CCOc3ccccc32)n(C)n1.